The maximum Gasteiger partial charge on any atom is 0.160 e. The Hall–Kier alpha value is -0.960. The Morgan fingerprint density at radius 2 is 1.47 bits per heavy atom. The molecule has 0 saturated carbocycles. The van der Waals surface area contributed by atoms with E-state index >= 15 is 0 Å². The molecule has 0 spiro atoms. The van der Waals surface area contributed by atoms with Crippen molar-refractivity contribution in [2.24, 2.45) is 0 Å². The second-order valence-electron chi connectivity index (χ2n) is 4.15. The van der Waals surface area contributed by atoms with Crippen molar-refractivity contribution in [3.05, 3.63) is 56.3 Å². The van der Waals surface area contributed by atoms with Crippen LogP contribution in [-0.2, 0) is 6.61 Å². The van der Waals surface area contributed by atoms with E-state index in [0.29, 0.717) is 38.8 Å². The second kappa shape index (κ2) is 6.00. The second-order valence-corrected chi connectivity index (χ2v) is 5.35. The van der Waals surface area contributed by atoms with E-state index in [4.69, 9.17) is 39.5 Å². The van der Waals surface area contributed by atoms with Gasteiger partial charge in [-0.25, -0.2) is 0 Å². The van der Waals surface area contributed by atoms with Crippen LogP contribution in [0.1, 0.15) is 17.0 Å². The van der Waals surface area contributed by atoms with Crippen LogP contribution < -0.4 is 4.74 Å². The molecule has 2 aromatic rings. The van der Waals surface area contributed by atoms with Crippen LogP contribution in [0.3, 0.4) is 0 Å². The Labute approximate surface area is 127 Å². The first-order valence-electron chi connectivity index (χ1n) is 5.68. The molecule has 0 N–H and O–H groups in total. The van der Waals surface area contributed by atoms with Crippen molar-refractivity contribution in [1.29, 1.82) is 0 Å². The van der Waals surface area contributed by atoms with E-state index in [1.165, 1.54) is 0 Å². The van der Waals surface area contributed by atoms with Gasteiger partial charge in [-0.15, -0.1) is 0 Å². The van der Waals surface area contributed by atoms with Gasteiger partial charge in [0, 0.05) is 5.02 Å². The fourth-order valence-corrected chi connectivity index (χ4v) is 2.19. The molecule has 2 rings (SSSR count). The third kappa shape index (κ3) is 3.33. The highest BCUT2D eigenvalue weighted by atomic mass is 35.5. The summed E-state index contributed by atoms with van der Waals surface area (Å²) in [5.74, 6) is 0.475. The zero-order valence-electron chi connectivity index (χ0n) is 10.5. The monoisotopic (exact) mass is 315 g/mol. The molecule has 0 radical (unpaired) electrons. The summed E-state index contributed by atoms with van der Waals surface area (Å²) < 4.78 is 5.71. The molecule has 0 aliphatic heterocycles. The van der Waals surface area contributed by atoms with Gasteiger partial charge in [0.1, 0.15) is 16.7 Å². The lowest BCUT2D eigenvalue weighted by atomic mass is 10.2. The van der Waals surface area contributed by atoms with Crippen molar-refractivity contribution in [3.63, 3.8) is 0 Å². The van der Waals surface area contributed by atoms with Crippen LogP contribution in [0.2, 0.25) is 15.1 Å². The van der Waals surface area contributed by atoms with Gasteiger partial charge in [0.05, 0.1) is 11.4 Å². The van der Waals surface area contributed by atoms with Crippen molar-refractivity contribution in [1.82, 2.24) is 4.98 Å². The number of pyridine rings is 1. The van der Waals surface area contributed by atoms with Gasteiger partial charge in [0.25, 0.3) is 0 Å². The van der Waals surface area contributed by atoms with E-state index in [0.717, 1.165) is 5.56 Å². The maximum atomic E-state index is 6.17. The van der Waals surface area contributed by atoms with Crippen molar-refractivity contribution < 1.29 is 4.74 Å². The minimum Gasteiger partial charge on any atom is -0.486 e. The third-order valence-corrected chi connectivity index (χ3v) is 3.81. The summed E-state index contributed by atoms with van der Waals surface area (Å²) in [6, 6.07) is 7.41. The average molecular weight is 317 g/mol. The number of nitrogens with zero attached hydrogens (tertiary/aromatic N) is 1. The van der Waals surface area contributed by atoms with E-state index in [2.05, 4.69) is 4.98 Å². The first-order chi connectivity index (χ1) is 8.99. The van der Waals surface area contributed by atoms with Crippen LogP contribution in [0.5, 0.6) is 5.75 Å². The highest BCUT2D eigenvalue weighted by Gasteiger charge is 2.14. The number of halogens is 3. The van der Waals surface area contributed by atoms with Crippen LogP contribution in [0.15, 0.2) is 24.3 Å². The maximum absolute atomic E-state index is 6.17. The van der Waals surface area contributed by atoms with Gasteiger partial charge in [-0.1, -0.05) is 46.9 Å². The number of benzene rings is 1. The molecule has 0 bridgehead atoms. The highest BCUT2D eigenvalue weighted by molar-refractivity contribution is 6.37. The van der Waals surface area contributed by atoms with E-state index < -0.39 is 0 Å². The molecular formula is C14H12Cl3NO. The largest absolute Gasteiger partial charge is 0.486 e. The zero-order chi connectivity index (χ0) is 14.0. The zero-order valence-corrected chi connectivity index (χ0v) is 12.8. The fraction of sp³-hybridized carbons (Fsp3) is 0.214. The number of rotatable bonds is 3. The molecule has 19 heavy (non-hydrogen) atoms. The highest BCUT2D eigenvalue weighted by Crippen LogP contribution is 2.36. The first-order valence-corrected chi connectivity index (χ1v) is 6.82. The SMILES string of the molecule is Cc1nc(C)c(Cl)c(OCc2ccc(Cl)cc2)c1Cl. The molecule has 0 aliphatic rings. The normalized spacial score (nSPS) is 10.6. The van der Waals surface area contributed by atoms with Crippen LogP contribution in [-0.4, -0.2) is 4.98 Å². The molecule has 0 unspecified atom stereocenters. The van der Waals surface area contributed by atoms with Crippen molar-refractivity contribution in [2.45, 2.75) is 20.5 Å². The molecule has 100 valence electrons. The number of hydrogen-bond acceptors (Lipinski definition) is 2. The Balaban J connectivity index is 2.22. The average Bonchev–Trinajstić information content (AvgIpc) is 2.38. The van der Waals surface area contributed by atoms with Gasteiger partial charge in [0.15, 0.2) is 5.75 Å². The lowest BCUT2D eigenvalue weighted by Crippen LogP contribution is -2.00. The Morgan fingerprint density at radius 3 is 2.00 bits per heavy atom. The van der Waals surface area contributed by atoms with E-state index in [1.807, 2.05) is 38.1 Å². The molecule has 1 aromatic carbocycles. The van der Waals surface area contributed by atoms with Crippen molar-refractivity contribution in [3.8, 4) is 5.75 Å². The summed E-state index contributed by atoms with van der Waals surface area (Å²) in [6.07, 6.45) is 0. The van der Waals surface area contributed by atoms with Gasteiger partial charge < -0.3 is 4.74 Å². The predicted molar refractivity (Wildman–Crippen MR) is 79.5 cm³/mol. The summed E-state index contributed by atoms with van der Waals surface area (Å²) in [7, 11) is 0. The third-order valence-electron chi connectivity index (χ3n) is 2.67. The molecule has 1 heterocycles. The van der Waals surface area contributed by atoms with Crippen LogP contribution in [0.25, 0.3) is 0 Å². The van der Waals surface area contributed by atoms with E-state index in [-0.39, 0.29) is 0 Å². The lowest BCUT2D eigenvalue weighted by molar-refractivity contribution is 0.306. The Morgan fingerprint density at radius 1 is 0.947 bits per heavy atom. The van der Waals surface area contributed by atoms with Crippen LogP contribution in [0.4, 0.5) is 0 Å². The summed E-state index contributed by atoms with van der Waals surface area (Å²) in [5, 5.41) is 1.59. The molecule has 1 aromatic heterocycles. The molecule has 5 heteroatoms. The van der Waals surface area contributed by atoms with Gasteiger partial charge >= 0.3 is 0 Å². The molecule has 2 nitrogen and oxygen atoms in total. The quantitative estimate of drug-likeness (QED) is 0.772. The summed E-state index contributed by atoms with van der Waals surface area (Å²) in [6.45, 7) is 4.02. The van der Waals surface area contributed by atoms with Crippen LogP contribution >= 0.6 is 34.8 Å². The van der Waals surface area contributed by atoms with Crippen LogP contribution in [0, 0.1) is 13.8 Å². The predicted octanol–water partition coefficient (Wildman–Crippen LogP) is 5.24. The Kier molecular flexibility index (Phi) is 4.56. The molecule has 0 atom stereocenters. The summed E-state index contributed by atoms with van der Waals surface area (Å²) in [4.78, 5) is 4.24. The minimum atomic E-state index is 0.375. The van der Waals surface area contributed by atoms with Gasteiger partial charge in [-0.3, -0.25) is 4.98 Å². The van der Waals surface area contributed by atoms with Gasteiger partial charge in [0.2, 0.25) is 0 Å². The minimum absolute atomic E-state index is 0.375. The number of hydrogen-bond donors (Lipinski definition) is 0. The van der Waals surface area contributed by atoms with Crippen molar-refractivity contribution in [2.75, 3.05) is 0 Å². The molecule has 0 fully saturated rings. The van der Waals surface area contributed by atoms with E-state index in [1.54, 1.807) is 0 Å². The molecule has 0 aliphatic carbocycles. The molecular weight excluding hydrogens is 305 g/mol. The topological polar surface area (TPSA) is 22.1 Å². The van der Waals surface area contributed by atoms with Gasteiger partial charge in [-0.05, 0) is 31.5 Å². The summed E-state index contributed by atoms with van der Waals surface area (Å²) in [5.41, 5.74) is 2.40. The summed E-state index contributed by atoms with van der Waals surface area (Å²) >= 11 is 18.2. The van der Waals surface area contributed by atoms with Gasteiger partial charge in [-0.2, -0.15) is 0 Å². The first kappa shape index (κ1) is 14.4. The Bertz CT molecular complexity index is 570. The molecule has 0 saturated heterocycles. The fourth-order valence-electron chi connectivity index (χ4n) is 1.64. The van der Waals surface area contributed by atoms with Crippen molar-refractivity contribution >= 4 is 34.8 Å². The number of aryl methyl sites for hydroxylation is 2. The lowest BCUT2D eigenvalue weighted by Gasteiger charge is -2.13. The smallest absolute Gasteiger partial charge is 0.160 e. The van der Waals surface area contributed by atoms with E-state index in [9.17, 15) is 0 Å². The number of aromatic nitrogens is 1. The molecule has 0 amide bonds. The standard InChI is InChI=1S/C14H12Cl3NO/c1-8-12(16)14(13(17)9(2)18-8)19-7-10-3-5-11(15)6-4-10/h3-6H,7H2,1-2H3. The number of ether oxygens (including phenoxy) is 1.